The molecule has 0 unspecified atom stereocenters. The van der Waals surface area contributed by atoms with Gasteiger partial charge in [-0.3, -0.25) is 9.69 Å². The first kappa shape index (κ1) is 21.0. The second-order valence-electron chi connectivity index (χ2n) is 7.57. The van der Waals surface area contributed by atoms with Crippen LogP contribution in [0.4, 0.5) is 4.39 Å². The first-order valence-corrected chi connectivity index (χ1v) is 11.2. The van der Waals surface area contributed by atoms with Crippen LogP contribution >= 0.6 is 22.9 Å². The summed E-state index contributed by atoms with van der Waals surface area (Å²) in [4.78, 5) is 21.5. The van der Waals surface area contributed by atoms with Crippen LogP contribution in [0.3, 0.4) is 0 Å². The first-order valence-electron chi connectivity index (χ1n) is 9.93. The quantitative estimate of drug-likeness (QED) is 0.568. The van der Waals surface area contributed by atoms with E-state index in [-0.39, 0.29) is 11.7 Å². The zero-order valence-corrected chi connectivity index (χ0v) is 18.3. The second-order valence-corrected chi connectivity index (χ2v) is 8.95. The van der Waals surface area contributed by atoms with Crippen molar-refractivity contribution in [3.8, 4) is 0 Å². The van der Waals surface area contributed by atoms with Gasteiger partial charge in [0.15, 0.2) is 0 Å². The van der Waals surface area contributed by atoms with Crippen LogP contribution in [0.2, 0.25) is 5.02 Å². The molecule has 0 aliphatic carbocycles. The molecule has 0 bridgehead atoms. The molecule has 1 fully saturated rings. The van der Waals surface area contributed by atoms with E-state index in [1.807, 2.05) is 24.3 Å². The molecule has 1 aliphatic heterocycles. The van der Waals surface area contributed by atoms with Crippen LogP contribution in [0, 0.1) is 12.7 Å². The Hall–Kier alpha value is -2.28. The van der Waals surface area contributed by atoms with Crippen molar-refractivity contribution in [1.29, 1.82) is 0 Å². The van der Waals surface area contributed by atoms with Gasteiger partial charge < -0.3 is 4.90 Å². The minimum absolute atomic E-state index is 0.104. The van der Waals surface area contributed by atoms with E-state index in [1.54, 1.807) is 35.3 Å². The number of carbonyl (C=O) groups is 1. The smallest absolute Gasteiger partial charge is 0.254 e. The number of hydrogen-bond acceptors (Lipinski definition) is 4. The van der Waals surface area contributed by atoms with Crippen molar-refractivity contribution < 1.29 is 9.18 Å². The van der Waals surface area contributed by atoms with Crippen LogP contribution in [0.15, 0.2) is 47.8 Å². The highest BCUT2D eigenvalue weighted by molar-refractivity contribution is 7.09. The van der Waals surface area contributed by atoms with Gasteiger partial charge in [0.05, 0.1) is 10.7 Å². The summed E-state index contributed by atoms with van der Waals surface area (Å²) < 4.78 is 13.8. The lowest BCUT2D eigenvalue weighted by Gasteiger charge is -2.34. The molecular formula is C23H23ClFN3OS. The molecule has 0 atom stereocenters. The summed E-state index contributed by atoms with van der Waals surface area (Å²) in [6.45, 7) is 5.31. The normalized spacial score (nSPS) is 14.8. The number of benzene rings is 2. The summed E-state index contributed by atoms with van der Waals surface area (Å²) in [7, 11) is 0. The highest BCUT2D eigenvalue weighted by atomic mass is 35.5. The van der Waals surface area contributed by atoms with Crippen molar-refractivity contribution in [1.82, 2.24) is 14.8 Å². The maximum absolute atomic E-state index is 13.8. The Labute approximate surface area is 184 Å². The standard InChI is InChI=1S/C23H23ClFN3OS/c1-16-2-5-18(13-21(16)25)23(29)28-10-8-27(9-11-28)14-20-15-30-22(26-20)12-17-3-6-19(24)7-4-17/h2-7,13,15H,8-12,14H2,1H3. The molecule has 0 N–H and O–H groups in total. The van der Waals surface area contributed by atoms with Crippen LogP contribution < -0.4 is 0 Å². The average molecular weight is 444 g/mol. The van der Waals surface area contributed by atoms with Crippen LogP contribution in [0.5, 0.6) is 0 Å². The third kappa shape index (κ3) is 5.06. The number of nitrogens with zero attached hydrogens (tertiary/aromatic N) is 3. The van der Waals surface area contributed by atoms with Crippen molar-refractivity contribution in [3.05, 3.63) is 86.1 Å². The van der Waals surface area contributed by atoms with Crippen LogP contribution in [0.25, 0.3) is 0 Å². The van der Waals surface area contributed by atoms with Crippen molar-refractivity contribution in [2.75, 3.05) is 26.2 Å². The minimum Gasteiger partial charge on any atom is -0.336 e. The van der Waals surface area contributed by atoms with E-state index in [9.17, 15) is 9.18 Å². The summed E-state index contributed by atoms with van der Waals surface area (Å²) in [6.07, 6.45) is 0.803. The molecule has 1 aliphatic rings. The Kier molecular flexibility index (Phi) is 6.46. The van der Waals surface area contributed by atoms with Crippen LogP contribution in [0.1, 0.15) is 32.2 Å². The van der Waals surface area contributed by atoms with Gasteiger partial charge in [-0.15, -0.1) is 11.3 Å². The summed E-state index contributed by atoms with van der Waals surface area (Å²) in [5, 5.41) is 3.93. The van der Waals surface area contributed by atoms with Gasteiger partial charge in [0.2, 0.25) is 0 Å². The van der Waals surface area contributed by atoms with E-state index in [1.165, 1.54) is 11.6 Å². The second kappa shape index (κ2) is 9.25. The van der Waals surface area contributed by atoms with Gasteiger partial charge in [-0.25, -0.2) is 9.37 Å². The third-order valence-electron chi connectivity index (χ3n) is 5.33. The molecule has 7 heteroatoms. The van der Waals surface area contributed by atoms with E-state index in [0.717, 1.165) is 41.8 Å². The Balaban J connectivity index is 1.29. The zero-order chi connectivity index (χ0) is 21.1. The zero-order valence-electron chi connectivity index (χ0n) is 16.8. The number of aryl methyl sites for hydroxylation is 1. The van der Waals surface area contributed by atoms with Crippen molar-refractivity contribution >= 4 is 28.8 Å². The van der Waals surface area contributed by atoms with Gasteiger partial charge in [-0.05, 0) is 42.3 Å². The lowest BCUT2D eigenvalue weighted by molar-refractivity contribution is 0.0627. The molecule has 2 aromatic carbocycles. The van der Waals surface area contributed by atoms with E-state index >= 15 is 0 Å². The molecule has 4 rings (SSSR count). The Bertz CT molecular complexity index is 1030. The van der Waals surface area contributed by atoms with E-state index in [2.05, 4.69) is 10.3 Å². The van der Waals surface area contributed by atoms with Crippen LogP contribution in [-0.2, 0) is 13.0 Å². The molecule has 3 aromatic rings. The fraction of sp³-hybridized carbons (Fsp3) is 0.304. The minimum atomic E-state index is -0.336. The number of amides is 1. The molecule has 1 amide bonds. The SMILES string of the molecule is Cc1ccc(C(=O)N2CCN(Cc3csc(Cc4ccc(Cl)cc4)n3)CC2)cc1F. The molecule has 0 radical (unpaired) electrons. The lowest BCUT2D eigenvalue weighted by atomic mass is 10.1. The van der Waals surface area contributed by atoms with Gasteiger partial charge in [0.25, 0.3) is 5.91 Å². The number of thiazole rings is 1. The fourth-order valence-electron chi connectivity index (χ4n) is 3.53. The molecule has 2 heterocycles. The number of aromatic nitrogens is 1. The monoisotopic (exact) mass is 443 g/mol. The summed E-state index contributed by atoms with van der Waals surface area (Å²) in [5.41, 5.74) is 3.22. The van der Waals surface area contributed by atoms with E-state index in [0.29, 0.717) is 24.2 Å². The summed E-state index contributed by atoms with van der Waals surface area (Å²) in [6, 6.07) is 12.5. The maximum Gasteiger partial charge on any atom is 0.254 e. The van der Waals surface area contributed by atoms with Gasteiger partial charge >= 0.3 is 0 Å². The lowest BCUT2D eigenvalue weighted by Crippen LogP contribution is -2.48. The maximum atomic E-state index is 13.8. The Morgan fingerprint density at radius 3 is 2.57 bits per heavy atom. The fourth-order valence-corrected chi connectivity index (χ4v) is 4.47. The predicted molar refractivity (Wildman–Crippen MR) is 119 cm³/mol. The largest absolute Gasteiger partial charge is 0.336 e. The highest BCUT2D eigenvalue weighted by Gasteiger charge is 2.23. The molecule has 0 saturated carbocycles. The number of piperazine rings is 1. The molecule has 0 spiro atoms. The molecule has 1 saturated heterocycles. The number of carbonyl (C=O) groups excluding carboxylic acids is 1. The molecule has 4 nitrogen and oxygen atoms in total. The molecular weight excluding hydrogens is 421 g/mol. The average Bonchev–Trinajstić information content (AvgIpc) is 3.18. The van der Waals surface area contributed by atoms with Gasteiger partial charge in [-0.1, -0.05) is 29.8 Å². The highest BCUT2D eigenvalue weighted by Crippen LogP contribution is 2.19. The van der Waals surface area contributed by atoms with Crippen molar-refractivity contribution in [3.63, 3.8) is 0 Å². The van der Waals surface area contributed by atoms with Crippen molar-refractivity contribution in [2.24, 2.45) is 0 Å². The number of hydrogen-bond donors (Lipinski definition) is 0. The van der Waals surface area contributed by atoms with Crippen LogP contribution in [-0.4, -0.2) is 46.9 Å². The van der Waals surface area contributed by atoms with Gasteiger partial charge in [0.1, 0.15) is 5.82 Å². The van der Waals surface area contributed by atoms with Crippen molar-refractivity contribution in [2.45, 2.75) is 19.9 Å². The third-order valence-corrected chi connectivity index (χ3v) is 6.48. The summed E-state index contributed by atoms with van der Waals surface area (Å²) >= 11 is 7.62. The molecule has 30 heavy (non-hydrogen) atoms. The Morgan fingerprint density at radius 1 is 1.13 bits per heavy atom. The molecule has 1 aromatic heterocycles. The Morgan fingerprint density at radius 2 is 1.87 bits per heavy atom. The van der Waals surface area contributed by atoms with E-state index < -0.39 is 0 Å². The van der Waals surface area contributed by atoms with E-state index in [4.69, 9.17) is 16.6 Å². The summed E-state index contributed by atoms with van der Waals surface area (Å²) in [5.74, 6) is -0.440. The number of rotatable bonds is 5. The first-order chi connectivity index (χ1) is 14.5. The van der Waals surface area contributed by atoms with Gasteiger partial charge in [0, 0.05) is 55.1 Å². The molecule has 156 valence electrons. The topological polar surface area (TPSA) is 36.4 Å². The van der Waals surface area contributed by atoms with Gasteiger partial charge in [-0.2, -0.15) is 0 Å². The predicted octanol–water partition coefficient (Wildman–Crippen LogP) is 4.79. The number of halogens is 2.